The molecule has 0 saturated carbocycles. The van der Waals surface area contributed by atoms with Gasteiger partial charge in [-0.05, 0) is 36.4 Å². The van der Waals surface area contributed by atoms with E-state index in [1.54, 1.807) is 11.8 Å². The van der Waals surface area contributed by atoms with Crippen LogP contribution in [0.25, 0.3) is 10.9 Å². The lowest BCUT2D eigenvalue weighted by atomic mass is 10.1. The Morgan fingerprint density at radius 3 is 2.77 bits per heavy atom. The third kappa shape index (κ3) is 3.74. The van der Waals surface area contributed by atoms with Crippen LogP contribution in [0.4, 0.5) is 0 Å². The van der Waals surface area contributed by atoms with Crippen molar-refractivity contribution < 1.29 is 9.90 Å². The summed E-state index contributed by atoms with van der Waals surface area (Å²) in [6.45, 7) is 4.52. The van der Waals surface area contributed by atoms with Crippen molar-refractivity contribution in [2.45, 2.75) is 33.2 Å². The van der Waals surface area contributed by atoms with E-state index in [4.69, 9.17) is 5.11 Å². The van der Waals surface area contributed by atoms with Gasteiger partial charge in [0.15, 0.2) is 0 Å². The number of aliphatic hydroxyl groups is 1. The lowest BCUT2D eigenvalue weighted by Gasteiger charge is -2.21. The Hall–Kier alpha value is -2.14. The molecule has 0 aliphatic heterocycles. The number of rotatable bonds is 6. The number of nitrogens with one attached hydrogen (secondary N) is 1. The number of aromatic amines is 1. The van der Waals surface area contributed by atoms with Gasteiger partial charge < -0.3 is 15.0 Å². The second-order valence-corrected chi connectivity index (χ2v) is 5.46. The molecule has 1 aromatic heterocycles. The quantitative estimate of drug-likeness (QED) is 0.856. The van der Waals surface area contributed by atoms with E-state index < -0.39 is 0 Å². The highest BCUT2D eigenvalue weighted by Gasteiger charge is 2.14. The van der Waals surface area contributed by atoms with Gasteiger partial charge >= 0.3 is 0 Å². The topological polar surface area (TPSA) is 73.4 Å². The van der Waals surface area contributed by atoms with Crippen molar-refractivity contribution in [2.24, 2.45) is 0 Å². The van der Waals surface area contributed by atoms with Gasteiger partial charge in [0.05, 0.1) is 6.54 Å². The first-order chi connectivity index (χ1) is 10.5. The minimum absolute atomic E-state index is 0.0168. The van der Waals surface area contributed by atoms with Crippen molar-refractivity contribution in [1.82, 2.24) is 9.88 Å². The standard InChI is InChI=1S/C17H22N2O3/c1-3-16(21)19(7-4-8-20)11-14-10-13-6-5-12(2)9-15(13)18-17(14)22/h5-6,9-10,20H,3-4,7-8,11H2,1-2H3,(H,18,22). The van der Waals surface area contributed by atoms with Gasteiger partial charge in [-0.2, -0.15) is 0 Å². The number of aromatic nitrogens is 1. The molecule has 0 saturated heterocycles. The van der Waals surface area contributed by atoms with Crippen LogP contribution in [0.2, 0.25) is 0 Å². The van der Waals surface area contributed by atoms with Gasteiger partial charge in [0.1, 0.15) is 0 Å². The van der Waals surface area contributed by atoms with Crippen LogP contribution in [0, 0.1) is 6.92 Å². The molecule has 0 aliphatic rings. The summed E-state index contributed by atoms with van der Waals surface area (Å²) < 4.78 is 0. The smallest absolute Gasteiger partial charge is 0.253 e. The third-order valence-corrected chi connectivity index (χ3v) is 3.68. The predicted molar refractivity (Wildman–Crippen MR) is 86.7 cm³/mol. The molecule has 118 valence electrons. The van der Waals surface area contributed by atoms with Crippen LogP contribution in [0.3, 0.4) is 0 Å². The Morgan fingerprint density at radius 2 is 2.09 bits per heavy atom. The van der Waals surface area contributed by atoms with E-state index in [1.165, 1.54) is 0 Å². The summed E-state index contributed by atoms with van der Waals surface area (Å²) in [7, 11) is 0. The summed E-state index contributed by atoms with van der Waals surface area (Å²) in [5.41, 5.74) is 2.28. The first-order valence-electron chi connectivity index (χ1n) is 7.56. The molecule has 0 spiro atoms. The number of carbonyl (C=O) groups is 1. The number of fused-ring (bicyclic) bond motifs is 1. The monoisotopic (exact) mass is 302 g/mol. The molecule has 2 aromatic rings. The molecule has 1 heterocycles. The van der Waals surface area contributed by atoms with Crippen molar-refractivity contribution >= 4 is 16.8 Å². The van der Waals surface area contributed by atoms with Crippen LogP contribution in [-0.2, 0) is 11.3 Å². The largest absolute Gasteiger partial charge is 0.396 e. The Balaban J connectivity index is 2.32. The van der Waals surface area contributed by atoms with Crippen molar-refractivity contribution in [3.63, 3.8) is 0 Å². The van der Waals surface area contributed by atoms with E-state index in [0.717, 1.165) is 16.5 Å². The fraction of sp³-hybridized carbons (Fsp3) is 0.412. The molecule has 0 fully saturated rings. The highest BCUT2D eigenvalue weighted by molar-refractivity contribution is 5.80. The maximum absolute atomic E-state index is 12.2. The zero-order valence-corrected chi connectivity index (χ0v) is 13.1. The highest BCUT2D eigenvalue weighted by atomic mass is 16.3. The molecule has 0 atom stereocenters. The molecule has 22 heavy (non-hydrogen) atoms. The molecule has 0 bridgehead atoms. The average Bonchev–Trinajstić information content (AvgIpc) is 2.51. The zero-order valence-electron chi connectivity index (χ0n) is 13.1. The minimum atomic E-state index is -0.170. The molecular weight excluding hydrogens is 280 g/mol. The molecule has 1 amide bonds. The SMILES string of the molecule is CCC(=O)N(CCCO)Cc1cc2ccc(C)cc2[nH]c1=O. The van der Waals surface area contributed by atoms with Gasteiger partial charge in [-0.1, -0.05) is 19.1 Å². The maximum atomic E-state index is 12.2. The van der Waals surface area contributed by atoms with Crippen LogP contribution in [0.1, 0.15) is 30.9 Å². The molecule has 0 unspecified atom stereocenters. The predicted octanol–water partition coefficient (Wildman–Crippen LogP) is 1.96. The van der Waals surface area contributed by atoms with Crippen LogP contribution in [-0.4, -0.2) is 34.0 Å². The number of aliphatic hydroxyl groups excluding tert-OH is 1. The zero-order chi connectivity index (χ0) is 16.1. The van der Waals surface area contributed by atoms with Crippen LogP contribution >= 0.6 is 0 Å². The fourth-order valence-corrected chi connectivity index (χ4v) is 2.46. The maximum Gasteiger partial charge on any atom is 0.253 e. The molecule has 2 N–H and O–H groups in total. The van der Waals surface area contributed by atoms with Crippen LogP contribution in [0.15, 0.2) is 29.1 Å². The van der Waals surface area contributed by atoms with Gasteiger partial charge in [0, 0.05) is 30.7 Å². The van der Waals surface area contributed by atoms with Gasteiger partial charge in [-0.3, -0.25) is 9.59 Å². The number of nitrogens with zero attached hydrogens (tertiary/aromatic N) is 1. The van der Waals surface area contributed by atoms with E-state index in [2.05, 4.69) is 4.98 Å². The lowest BCUT2D eigenvalue weighted by Crippen LogP contribution is -2.33. The Kier molecular flexibility index (Phi) is 5.33. The second kappa shape index (κ2) is 7.22. The molecule has 0 radical (unpaired) electrons. The molecule has 5 nitrogen and oxygen atoms in total. The van der Waals surface area contributed by atoms with Crippen molar-refractivity contribution in [3.8, 4) is 0 Å². The third-order valence-electron chi connectivity index (χ3n) is 3.68. The Labute approximate surface area is 129 Å². The van der Waals surface area contributed by atoms with Crippen LogP contribution < -0.4 is 5.56 Å². The molecule has 5 heteroatoms. The fourth-order valence-electron chi connectivity index (χ4n) is 2.46. The van der Waals surface area contributed by atoms with Crippen LogP contribution in [0.5, 0.6) is 0 Å². The van der Waals surface area contributed by atoms with Crippen molar-refractivity contribution in [1.29, 1.82) is 0 Å². The number of amides is 1. The highest BCUT2D eigenvalue weighted by Crippen LogP contribution is 2.14. The van der Waals surface area contributed by atoms with Gasteiger partial charge in [0.25, 0.3) is 5.56 Å². The normalized spacial score (nSPS) is 10.9. The number of aryl methyl sites for hydroxylation is 1. The number of hydrogen-bond donors (Lipinski definition) is 2. The van der Waals surface area contributed by atoms with Gasteiger partial charge in [-0.25, -0.2) is 0 Å². The molecular formula is C17H22N2O3. The first-order valence-corrected chi connectivity index (χ1v) is 7.56. The number of pyridine rings is 1. The number of benzene rings is 1. The summed E-state index contributed by atoms with van der Waals surface area (Å²) in [5.74, 6) is -0.0168. The number of H-pyrrole nitrogens is 1. The Morgan fingerprint density at radius 1 is 1.32 bits per heavy atom. The van der Waals surface area contributed by atoms with Crippen molar-refractivity contribution in [2.75, 3.05) is 13.2 Å². The van der Waals surface area contributed by atoms with E-state index in [9.17, 15) is 9.59 Å². The first kappa shape index (κ1) is 16.2. The van der Waals surface area contributed by atoms with Crippen molar-refractivity contribution in [3.05, 3.63) is 45.7 Å². The number of carbonyl (C=O) groups excluding carboxylic acids is 1. The summed E-state index contributed by atoms with van der Waals surface area (Å²) in [5, 5.41) is 9.90. The summed E-state index contributed by atoms with van der Waals surface area (Å²) in [6.07, 6.45) is 0.895. The molecule has 2 rings (SSSR count). The molecule has 0 aliphatic carbocycles. The number of hydrogen-bond acceptors (Lipinski definition) is 3. The van der Waals surface area contributed by atoms with E-state index >= 15 is 0 Å². The van der Waals surface area contributed by atoms with E-state index in [1.807, 2.05) is 31.2 Å². The molecule has 1 aromatic carbocycles. The summed E-state index contributed by atoms with van der Waals surface area (Å²) in [6, 6.07) is 7.72. The lowest BCUT2D eigenvalue weighted by molar-refractivity contribution is -0.131. The second-order valence-electron chi connectivity index (χ2n) is 5.46. The average molecular weight is 302 g/mol. The summed E-state index contributed by atoms with van der Waals surface area (Å²) >= 11 is 0. The summed E-state index contributed by atoms with van der Waals surface area (Å²) in [4.78, 5) is 28.7. The van der Waals surface area contributed by atoms with E-state index in [0.29, 0.717) is 24.9 Å². The van der Waals surface area contributed by atoms with Gasteiger partial charge in [-0.15, -0.1) is 0 Å². The minimum Gasteiger partial charge on any atom is -0.396 e. The Bertz CT molecular complexity index is 721. The van der Waals surface area contributed by atoms with Gasteiger partial charge in [0.2, 0.25) is 5.91 Å². The van der Waals surface area contributed by atoms with E-state index in [-0.39, 0.29) is 24.6 Å².